The molecule has 0 aliphatic rings. The summed E-state index contributed by atoms with van der Waals surface area (Å²) in [6.45, 7) is 8.06. The molecule has 0 unspecified atom stereocenters. The number of carbonyl (C=O) groups is 1. The molecule has 0 saturated carbocycles. The van der Waals surface area contributed by atoms with Gasteiger partial charge in [0.25, 0.3) is 0 Å². The van der Waals surface area contributed by atoms with Crippen LogP contribution in [0.4, 0.5) is 0 Å². The summed E-state index contributed by atoms with van der Waals surface area (Å²) in [7, 11) is -3.30. The van der Waals surface area contributed by atoms with E-state index >= 15 is 0 Å². The highest BCUT2D eigenvalue weighted by atomic mass is 32.2. The Kier molecular flexibility index (Phi) is 6.14. The standard InChI is InChI=1S/C16H26N2O3S/c1-13-7-6-8-14(11-13)12-15(19)17-9-10-18(16(2,3)4)22(5,20)21/h6-8,11H,9-10,12H2,1-5H3,(H,17,19). The first-order chi connectivity index (χ1) is 10.00. The molecule has 6 heteroatoms. The fourth-order valence-electron chi connectivity index (χ4n) is 2.37. The Morgan fingerprint density at radius 2 is 1.91 bits per heavy atom. The molecule has 0 radical (unpaired) electrons. The highest BCUT2D eigenvalue weighted by molar-refractivity contribution is 7.88. The number of hydrogen-bond donors (Lipinski definition) is 1. The third-order valence-corrected chi connectivity index (χ3v) is 4.76. The number of hydrogen-bond acceptors (Lipinski definition) is 3. The smallest absolute Gasteiger partial charge is 0.224 e. The van der Waals surface area contributed by atoms with Crippen LogP contribution >= 0.6 is 0 Å². The number of aryl methyl sites for hydroxylation is 1. The van der Waals surface area contributed by atoms with Crippen molar-refractivity contribution in [1.82, 2.24) is 9.62 Å². The predicted octanol–water partition coefficient (Wildman–Crippen LogP) is 1.71. The Bertz CT molecular complexity index is 619. The fourth-order valence-corrected chi connectivity index (χ4v) is 3.78. The van der Waals surface area contributed by atoms with E-state index in [4.69, 9.17) is 0 Å². The van der Waals surface area contributed by atoms with Crippen molar-refractivity contribution >= 4 is 15.9 Å². The van der Waals surface area contributed by atoms with Crippen molar-refractivity contribution in [3.63, 3.8) is 0 Å². The highest BCUT2D eigenvalue weighted by Crippen LogP contribution is 2.16. The van der Waals surface area contributed by atoms with Crippen LogP contribution in [0.15, 0.2) is 24.3 Å². The van der Waals surface area contributed by atoms with E-state index in [2.05, 4.69) is 5.32 Å². The lowest BCUT2D eigenvalue weighted by Gasteiger charge is -2.33. The van der Waals surface area contributed by atoms with Gasteiger partial charge in [0.15, 0.2) is 0 Å². The molecule has 1 amide bonds. The SMILES string of the molecule is Cc1cccc(CC(=O)NCCN(C(C)(C)C)S(C)(=O)=O)c1. The number of amides is 1. The zero-order valence-corrected chi connectivity index (χ0v) is 14.8. The molecule has 0 bridgehead atoms. The number of nitrogens with one attached hydrogen (secondary N) is 1. The van der Waals surface area contributed by atoms with E-state index in [1.165, 1.54) is 10.6 Å². The molecular weight excluding hydrogens is 300 g/mol. The summed E-state index contributed by atoms with van der Waals surface area (Å²) in [5.41, 5.74) is 1.56. The van der Waals surface area contributed by atoms with E-state index in [1.807, 2.05) is 52.0 Å². The average Bonchev–Trinajstić information content (AvgIpc) is 2.31. The van der Waals surface area contributed by atoms with E-state index < -0.39 is 15.6 Å². The largest absolute Gasteiger partial charge is 0.354 e. The zero-order chi connectivity index (χ0) is 17.0. The maximum absolute atomic E-state index is 11.9. The number of nitrogens with zero attached hydrogens (tertiary/aromatic N) is 1. The molecule has 0 heterocycles. The van der Waals surface area contributed by atoms with Gasteiger partial charge in [0.2, 0.25) is 15.9 Å². The molecule has 124 valence electrons. The molecular formula is C16H26N2O3S. The van der Waals surface area contributed by atoms with Gasteiger partial charge in [0.05, 0.1) is 12.7 Å². The van der Waals surface area contributed by atoms with Gasteiger partial charge >= 0.3 is 0 Å². The molecule has 0 spiro atoms. The lowest BCUT2D eigenvalue weighted by Crippen LogP contribution is -2.48. The quantitative estimate of drug-likeness (QED) is 0.865. The summed E-state index contributed by atoms with van der Waals surface area (Å²) in [6, 6.07) is 7.78. The van der Waals surface area contributed by atoms with Gasteiger partial charge in [0, 0.05) is 18.6 Å². The van der Waals surface area contributed by atoms with Gasteiger partial charge in [0.1, 0.15) is 0 Å². The molecule has 0 aliphatic heterocycles. The van der Waals surface area contributed by atoms with Crippen LogP contribution in [0.25, 0.3) is 0 Å². The fraction of sp³-hybridized carbons (Fsp3) is 0.562. The third-order valence-electron chi connectivity index (χ3n) is 3.23. The van der Waals surface area contributed by atoms with Crippen molar-refractivity contribution < 1.29 is 13.2 Å². The molecule has 0 fully saturated rings. The predicted molar refractivity (Wildman–Crippen MR) is 89.2 cm³/mol. The first-order valence-electron chi connectivity index (χ1n) is 7.30. The van der Waals surface area contributed by atoms with Crippen molar-refractivity contribution in [2.75, 3.05) is 19.3 Å². The lowest BCUT2D eigenvalue weighted by atomic mass is 10.1. The van der Waals surface area contributed by atoms with Gasteiger partial charge in [-0.15, -0.1) is 0 Å². The summed E-state index contributed by atoms with van der Waals surface area (Å²) in [4.78, 5) is 11.9. The van der Waals surface area contributed by atoms with Gasteiger partial charge < -0.3 is 5.32 Å². The molecule has 1 N–H and O–H groups in total. The van der Waals surface area contributed by atoms with Crippen LogP contribution in [0.2, 0.25) is 0 Å². The maximum Gasteiger partial charge on any atom is 0.224 e. The minimum absolute atomic E-state index is 0.104. The zero-order valence-electron chi connectivity index (χ0n) is 14.0. The Labute approximate surface area is 133 Å². The molecule has 1 rings (SSSR count). The van der Waals surface area contributed by atoms with Crippen LogP contribution in [0, 0.1) is 6.92 Å². The van der Waals surface area contributed by atoms with Crippen LogP contribution in [0.3, 0.4) is 0 Å². The van der Waals surface area contributed by atoms with E-state index in [1.54, 1.807) is 0 Å². The Morgan fingerprint density at radius 1 is 1.27 bits per heavy atom. The Hall–Kier alpha value is -1.40. The number of carbonyl (C=O) groups excluding carboxylic acids is 1. The first-order valence-corrected chi connectivity index (χ1v) is 9.15. The highest BCUT2D eigenvalue weighted by Gasteiger charge is 2.28. The summed E-state index contributed by atoms with van der Waals surface area (Å²) < 4.78 is 25.0. The van der Waals surface area contributed by atoms with Crippen LogP contribution < -0.4 is 5.32 Å². The molecule has 0 saturated heterocycles. The second-order valence-corrected chi connectivity index (χ2v) is 8.43. The minimum atomic E-state index is -3.30. The Morgan fingerprint density at radius 3 is 2.41 bits per heavy atom. The lowest BCUT2D eigenvalue weighted by molar-refractivity contribution is -0.120. The second-order valence-electron chi connectivity index (χ2n) is 6.52. The van der Waals surface area contributed by atoms with E-state index in [0.29, 0.717) is 13.0 Å². The molecule has 0 atom stereocenters. The van der Waals surface area contributed by atoms with Crippen molar-refractivity contribution in [3.8, 4) is 0 Å². The molecule has 1 aromatic rings. The second kappa shape index (κ2) is 7.24. The maximum atomic E-state index is 11.9. The van der Waals surface area contributed by atoms with Crippen LogP contribution in [-0.2, 0) is 21.2 Å². The van der Waals surface area contributed by atoms with Crippen molar-refractivity contribution in [3.05, 3.63) is 35.4 Å². The number of benzene rings is 1. The van der Waals surface area contributed by atoms with E-state index in [9.17, 15) is 13.2 Å². The van der Waals surface area contributed by atoms with Crippen LogP contribution in [-0.4, -0.2) is 43.5 Å². The van der Waals surface area contributed by atoms with Crippen LogP contribution in [0.5, 0.6) is 0 Å². The van der Waals surface area contributed by atoms with Gasteiger partial charge in [-0.25, -0.2) is 8.42 Å². The van der Waals surface area contributed by atoms with Crippen LogP contribution in [0.1, 0.15) is 31.9 Å². The molecule has 5 nitrogen and oxygen atoms in total. The summed E-state index contributed by atoms with van der Waals surface area (Å²) >= 11 is 0. The van der Waals surface area contributed by atoms with E-state index in [0.717, 1.165) is 11.1 Å². The molecule has 1 aromatic carbocycles. The summed E-state index contributed by atoms with van der Waals surface area (Å²) in [5.74, 6) is -0.104. The molecule has 22 heavy (non-hydrogen) atoms. The van der Waals surface area contributed by atoms with E-state index in [-0.39, 0.29) is 12.5 Å². The topological polar surface area (TPSA) is 66.5 Å². The van der Waals surface area contributed by atoms with Crippen molar-refractivity contribution in [1.29, 1.82) is 0 Å². The van der Waals surface area contributed by atoms with Gasteiger partial charge in [-0.1, -0.05) is 29.8 Å². The Balaban J connectivity index is 2.54. The summed E-state index contributed by atoms with van der Waals surface area (Å²) in [5, 5.41) is 2.78. The molecule has 0 aromatic heterocycles. The number of sulfonamides is 1. The monoisotopic (exact) mass is 326 g/mol. The van der Waals surface area contributed by atoms with Crippen molar-refractivity contribution in [2.24, 2.45) is 0 Å². The normalized spacial score (nSPS) is 12.5. The van der Waals surface area contributed by atoms with Gasteiger partial charge in [-0.3, -0.25) is 4.79 Å². The summed E-state index contributed by atoms with van der Waals surface area (Å²) in [6.07, 6.45) is 1.49. The molecule has 0 aliphatic carbocycles. The number of rotatable bonds is 6. The van der Waals surface area contributed by atoms with Gasteiger partial charge in [-0.2, -0.15) is 4.31 Å². The first kappa shape index (κ1) is 18.6. The average molecular weight is 326 g/mol. The minimum Gasteiger partial charge on any atom is -0.354 e. The third kappa shape index (κ3) is 6.15. The van der Waals surface area contributed by atoms with Gasteiger partial charge in [-0.05, 0) is 33.3 Å². The van der Waals surface area contributed by atoms with Crippen molar-refractivity contribution in [2.45, 2.75) is 39.7 Å².